The SMILES string of the molecule is C#CCc1ccccc1-n1cccn1. The van der Waals surface area contributed by atoms with E-state index in [1.165, 1.54) is 0 Å². The first-order valence-corrected chi connectivity index (χ1v) is 4.43. The highest BCUT2D eigenvalue weighted by Gasteiger charge is 2.01. The molecule has 0 saturated carbocycles. The molecule has 0 N–H and O–H groups in total. The fourth-order valence-electron chi connectivity index (χ4n) is 1.41. The lowest BCUT2D eigenvalue weighted by Crippen LogP contribution is -1.98. The molecule has 0 aliphatic carbocycles. The second kappa shape index (κ2) is 3.80. The first-order valence-electron chi connectivity index (χ1n) is 4.43. The number of rotatable bonds is 2. The number of nitrogens with zero attached hydrogens (tertiary/aromatic N) is 2. The van der Waals surface area contributed by atoms with Crippen LogP contribution in [0.1, 0.15) is 5.56 Å². The third-order valence-electron chi connectivity index (χ3n) is 2.04. The van der Waals surface area contributed by atoms with Crippen LogP contribution in [-0.4, -0.2) is 9.78 Å². The molecule has 2 rings (SSSR count). The van der Waals surface area contributed by atoms with Crippen molar-refractivity contribution in [3.05, 3.63) is 48.3 Å². The molecule has 0 saturated heterocycles. The Hall–Kier alpha value is -2.01. The summed E-state index contributed by atoms with van der Waals surface area (Å²) in [4.78, 5) is 0. The van der Waals surface area contributed by atoms with Crippen LogP contribution in [0.5, 0.6) is 0 Å². The van der Waals surface area contributed by atoms with Crippen molar-refractivity contribution in [2.75, 3.05) is 0 Å². The van der Waals surface area contributed by atoms with Gasteiger partial charge in [-0.3, -0.25) is 0 Å². The number of aromatic nitrogens is 2. The Balaban J connectivity index is 2.48. The van der Waals surface area contributed by atoms with Gasteiger partial charge in [-0.2, -0.15) is 5.10 Å². The summed E-state index contributed by atoms with van der Waals surface area (Å²) in [6.45, 7) is 0. The normalized spacial score (nSPS) is 9.64. The highest BCUT2D eigenvalue weighted by Crippen LogP contribution is 2.13. The maximum atomic E-state index is 5.30. The molecule has 68 valence electrons. The molecule has 0 amide bonds. The quantitative estimate of drug-likeness (QED) is 0.650. The van der Waals surface area contributed by atoms with E-state index in [2.05, 4.69) is 11.0 Å². The Morgan fingerprint density at radius 3 is 2.86 bits per heavy atom. The van der Waals surface area contributed by atoms with Gasteiger partial charge in [0, 0.05) is 18.8 Å². The molecule has 14 heavy (non-hydrogen) atoms. The standard InChI is InChI=1S/C12H10N2/c1-2-6-11-7-3-4-8-12(11)14-10-5-9-13-14/h1,3-5,7-10H,6H2. The predicted molar refractivity (Wildman–Crippen MR) is 56.1 cm³/mol. The molecule has 2 aromatic rings. The van der Waals surface area contributed by atoms with E-state index in [1.807, 2.05) is 41.2 Å². The van der Waals surface area contributed by atoms with Crippen molar-refractivity contribution >= 4 is 0 Å². The van der Waals surface area contributed by atoms with Gasteiger partial charge < -0.3 is 0 Å². The third-order valence-corrected chi connectivity index (χ3v) is 2.04. The van der Waals surface area contributed by atoms with Crippen molar-refractivity contribution in [2.24, 2.45) is 0 Å². The van der Waals surface area contributed by atoms with Crippen molar-refractivity contribution in [3.63, 3.8) is 0 Å². The molecule has 2 nitrogen and oxygen atoms in total. The van der Waals surface area contributed by atoms with E-state index in [0.717, 1.165) is 11.3 Å². The third kappa shape index (κ3) is 1.53. The van der Waals surface area contributed by atoms with Gasteiger partial charge in [-0.05, 0) is 17.7 Å². The Bertz CT molecular complexity index is 449. The van der Waals surface area contributed by atoms with Crippen LogP contribution in [0.2, 0.25) is 0 Å². The summed E-state index contributed by atoms with van der Waals surface area (Å²) in [6, 6.07) is 9.90. The molecule has 0 bridgehead atoms. The van der Waals surface area contributed by atoms with Crippen LogP contribution < -0.4 is 0 Å². The number of hydrogen-bond acceptors (Lipinski definition) is 1. The molecule has 1 heterocycles. The summed E-state index contributed by atoms with van der Waals surface area (Å²) >= 11 is 0. The van der Waals surface area contributed by atoms with Gasteiger partial charge in [0.1, 0.15) is 0 Å². The molecular weight excluding hydrogens is 172 g/mol. The van der Waals surface area contributed by atoms with Crippen molar-refractivity contribution < 1.29 is 0 Å². The number of terminal acetylenes is 1. The lowest BCUT2D eigenvalue weighted by atomic mass is 10.1. The van der Waals surface area contributed by atoms with E-state index in [0.29, 0.717) is 6.42 Å². The summed E-state index contributed by atoms with van der Waals surface area (Å²) in [7, 11) is 0. The fraction of sp³-hybridized carbons (Fsp3) is 0.0833. The maximum Gasteiger partial charge on any atom is 0.0687 e. The summed E-state index contributed by atoms with van der Waals surface area (Å²) in [6.07, 6.45) is 9.61. The lowest BCUT2D eigenvalue weighted by Gasteiger charge is -2.06. The molecule has 0 fully saturated rings. The summed E-state index contributed by atoms with van der Waals surface area (Å²) in [5, 5.41) is 4.18. The Labute approximate surface area is 83.2 Å². The van der Waals surface area contributed by atoms with Crippen LogP contribution in [-0.2, 0) is 6.42 Å². The molecule has 0 radical (unpaired) electrons. The second-order valence-corrected chi connectivity index (χ2v) is 2.96. The van der Waals surface area contributed by atoms with Gasteiger partial charge in [-0.25, -0.2) is 4.68 Å². The minimum atomic E-state index is 0.635. The average Bonchev–Trinajstić information content (AvgIpc) is 2.72. The number of benzene rings is 1. The van der Waals surface area contributed by atoms with Crippen molar-refractivity contribution in [1.82, 2.24) is 9.78 Å². The van der Waals surface area contributed by atoms with E-state index in [-0.39, 0.29) is 0 Å². The molecule has 1 aromatic heterocycles. The molecule has 0 aliphatic rings. The number of hydrogen-bond donors (Lipinski definition) is 0. The Morgan fingerprint density at radius 2 is 2.14 bits per heavy atom. The molecule has 1 aromatic carbocycles. The average molecular weight is 182 g/mol. The minimum Gasteiger partial charge on any atom is -0.241 e. The van der Waals surface area contributed by atoms with Crippen LogP contribution in [0, 0.1) is 12.3 Å². The number of para-hydroxylation sites is 1. The second-order valence-electron chi connectivity index (χ2n) is 2.96. The van der Waals surface area contributed by atoms with Gasteiger partial charge in [-0.1, -0.05) is 18.2 Å². The smallest absolute Gasteiger partial charge is 0.0687 e. The predicted octanol–water partition coefficient (Wildman–Crippen LogP) is 2.05. The Kier molecular flexibility index (Phi) is 2.33. The van der Waals surface area contributed by atoms with Crippen LogP contribution in [0.3, 0.4) is 0 Å². The summed E-state index contributed by atoms with van der Waals surface area (Å²) < 4.78 is 1.83. The largest absolute Gasteiger partial charge is 0.241 e. The zero-order valence-electron chi connectivity index (χ0n) is 7.72. The topological polar surface area (TPSA) is 17.8 Å². The molecular formula is C12H10N2. The van der Waals surface area contributed by atoms with Gasteiger partial charge >= 0.3 is 0 Å². The van der Waals surface area contributed by atoms with Crippen molar-refractivity contribution in [3.8, 4) is 18.0 Å². The highest BCUT2D eigenvalue weighted by molar-refractivity contribution is 5.41. The first-order chi connectivity index (χ1) is 6.92. The van der Waals surface area contributed by atoms with Crippen molar-refractivity contribution in [2.45, 2.75) is 6.42 Å². The fourth-order valence-corrected chi connectivity index (χ4v) is 1.41. The zero-order chi connectivity index (χ0) is 9.80. The summed E-state index contributed by atoms with van der Waals surface area (Å²) in [5.41, 5.74) is 2.18. The lowest BCUT2D eigenvalue weighted by molar-refractivity contribution is 0.869. The maximum absolute atomic E-state index is 5.30. The van der Waals surface area contributed by atoms with Crippen LogP contribution in [0.15, 0.2) is 42.7 Å². The first kappa shape index (κ1) is 8.58. The van der Waals surface area contributed by atoms with E-state index < -0.39 is 0 Å². The molecule has 0 atom stereocenters. The zero-order valence-corrected chi connectivity index (χ0v) is 7.72. The molecule has 0 spiro atoms. The van der Waals surface area contributed by atoms with Gasteiger partial charge in [0.2, 0.25) is 0 Å². The van der Waals surface area contributed by atoms with Crippen LogP contribution in [0.4, 0.5) is 0 Å². The molecule has 0 aliphatic heterocycles. The minimum absolute atomic E-state index is 0.635. The highest BCUT2D eigenvalue weighted by atomic mass is 15.3. The summed E-state index contributed by atoms with van der Waals surface area (Å²) in [5.74, 6) is 2.65. The Morgan fingerprint density at radius 1 is 1.29 bits per heavy atom. The molecule has 0 unspecified atom stereocenters. The van der Waals surface area contributed by atoms with E-state index in [9.17, 15) is 0 Å². The van der Waals surface area contributed by atoms with Crippen LogP contribution >= 0.6 is 0 Å². The van der Waals surface area contributed by atoms with E-state index >= 15 is 0 Å². The monoisotopic (exact) mass is 182 g/mol. The van der Waals surface area contributed by atoms with Crippen molar-refractivity contribution in [1.29, 1.82) is 0 Å². The van der Waals surface area contributed by atoms with E-state index in [4.69, 9.17) is 6.42 Å². The van der Waals surface area contributed by atoms with E-state index in [1.54, 1.807) is 6.20 Å². The van der Waals surface area contributed by atoms with Gasteiger partial charge in [0.25, 0.3) is 0 Å². The van der Waals surface area contributed by atoms with Gasteiger partial charge in [-0.15, -0.1) is 12.3 Å². The van der Waals surface area contributed by atoms with Crippen LogP contribution in [0.25, 0.3) is 5.69 Å². The molecule has 2 heteroatoms. The van der Waals surface area contributed by atoms with Gasteiger partial charge in [0.15, 0.2) is 0 Å². The van der Waals surface area contributed by atoms with Gasteiger partial charge in [0.05, 0.1) is 5.69 Å².